The van der Waals surface area contributed by atoms with Crippen molar-refractivity contribution < 1.29 is 28.5 Å². The summed E-state index contributed by atoms with van der Waals surface area (Å²) in [6.07, 6.45) is -0.834. The topological polar surface area (TPSA) is 114 Å². The van der Waals surface area contributed by atoms with Gasteiger partial charge in [0.25, 0.3) is 0 Å². The lowest BCUT2D eigenvalue weighted by Gasteiger charge is -2.15. The number of nitrogens with one attached hydrogen (secondary N) is 1. The van der Waals surface area contributed by atoms with Gasteiger partial charge in [0.05, 0.1) is 50.2 Å². The molecule has 200 valence electrons. The van der Waals surface area contributed by atoms with Crippen LogP contribution >= 0.6 is 11.7 Å². The first-order valence-electron chi connectivity index (χ1n) is 12.1. The summed E-state index contributed by atoms with van der Waals surface area (Å²) in [6, 6.07) is 16.7. The van der Waals surface area contributed by atoms with E-state index in [0.717, 1.165) is 39.3 Å². The molecular formula is C28H26N4O6S. The van der Waals surface area contributed by atoms with E-state index in [-0.39, 0.29) is 24.9 Å². The lowest BCUT2D eigenvalue weighted by Crippen LogP contribution is -2.14. The SMILES string of the molecule is CCOC(=O)Oc1c(-c2ccc3nsnc3c2)c2cc(NC(C)=O)ccc2n1Cc1cc(OC)ccc1OC. The van der Waals surface area contributed by atoms with Crippen molar-refractivity contribution in [3.05, 3.63) is 60.2 Å². The number of anilines is 1. The first-order valence-corrected chi connectivity index (χ1v) is 12.9. The normalized spacial score (nSPS) is 11.0. The van der Waals surface area contributed by atoms with E-state index in [1.54, 1.807) is 27.2 Å². The number of amides is 1. The maximum absolute atomic E-state index is 12.7. The van der Waals surface area contributed by atoms with Crippen LogP contribution in [0.1, 0.15) is 19.4 Å². The molecule has 0 bridgehead atoms. The molecule has 39 heavy (non-hydrogen) atoms. The van der Waals surface area contributed by atoms with Gasteiger partial charge in [0.2, 0.25) is 11.8 Å². The molecule has 0 spiro atoms. The summed E-state index contributed by atoms with van der Waals surface area (Å²) in [5.41, 5.74) is 5.05. The van der Waals surface area contributed by atoms with Crippen LogP contribution < -0.4 is 19.5 Å². The number of aromatic nitrogens is 3. The van der Waals surface area contributed by atoms with Crippen molar-refractivity contribution in [1.82, 2.24) is 13.3 Å². The Hall–Kier alpha value is -4.64. The van der Waals surface area contributed by atoms with Crippen LogP contribution in [0.3, 0.4) is 0 Å². The minimum Gasteiger partial charge on any atom is -0.497 e. The van der Waals surface area contributed by atoms with Crippen molar-refractivity contribution >= 4 is 51.4 Å². The lowest BCUT2D eigenvalue weighted by atomic mass is 10.0. The van der Waals surface area contributed by atoms with Crippen LogP contribution in [-0.2, 0) is 16.1 Å². The largest absolute Gasteiger partial charge is 0.515 e. The predicted octanol–water partition coefficient (Wildman–Crippen LogP) is 5.87. The van der Waals surface area contributed by atoms with Gasteiger partial charge in [-0.25, -0.2) is 4.79 Å². The fourth-order valence-electron chi connectivity index (χ4n) is 4.49. The van der Waals surface area contributed by atoms with E-state index < -0.39 is 6.16 Å². The van der Waals surface area contributed by atoms with E-state index >= 15 is 0 Å². The molecule has 0 aliphatic heterocycles. The van der Waals surface area contributed by atoms with Crippen LogP contribution in [0, 0.1) is 0 Å². The zero-order valence-corrected chi connectivity index (χ0v) is 22.6. The molecule has 1 amide bonds. The maximum atomic E-state index is 12.7. The molecule has 5 rings (SSSR count). The number of methoxy groups -OCH3 is 2. The number of carbonyl (C=O) groups excluding carboxylic acids is 2. The van der Waals surface area contributed by atoms with Gasteiger partial charge in [0.15, 0.2) is 0 Å². The van der Waals surface area contributed by atoms with E-state index in [9.17, 15) is 9.59 Å². The summed E-state index contributed by atoms with van der Waals surface area (Å²) in [5, 5.41) is 3.59. The Balaban J connectivity index is 1.79. The second-order valence-electron chi connectivity index (χ2n) is 8.61. The van der Waals surface area contributed by atoms with E-state index in [4.69, 9.17) is 18.9 Å². The first-order chi connectivity index (χ1) is 18.9. The molecule has 0 unspecified atom stereocenters. The van der Waals surface area contributed by atoms with Crippen molar-refractivity contribution in [3.8, 4) is 28.5 Å². The van der Waals surface area contributed by atoms with Crippen LogP contribution in [0.25, 0.3) is 33.1 Å². The Morgan fingerprint density at radius 3 is 2.54 bits per heavy atom. The maximum Gasteiger partial charge on any atom is 0.515 e. The van der Waals surface area contributed by atoms with Crippen molar-refractivity contribution in [2.24, 2.45) is 0 Å². The molecule has 5 aromatic rings. The lowest BCUT2D eigenvalue weighted by molar-refractivity contribution is -0.114. The number of hydrogen-bond donors (Lipinski definition) is 1. The van der Waals surface area contributed by atoms with E-state index in [1.165, 1.54) is 6.92 Å². The van der Waals surface area contributed by atoms with E-state index in [0.29, 0.717) is 28.3 Å². The summed E-state index contributed by atoms with van der Waals surface area (Å²) in [7, 11) is 3.19. The number of nitrogens with zero attached hydrogens (tertiary/aromatic N) is 3. The number of benzene rings is 3. The Kier molecular flexibility index (Phi) is 7.33. The van der Waals surface area contributed by atoms with Gasteiger partial charge in [-0.3, -0.25) is 4.79 Å². The smallest absolute Gasteiger partial charge is 0.497 e. The second-order valence-corrected chi connectivity index (χ2v) is 9.14. The van der Waals surface area contributed by atoms with Gasteiger partial charge in [-0.15, -0.1) is 0 Å². The molecule has 0 fully saturated rings. The average Bonchev–Trinajstić information content (AvgIpc) is 3.50. The molecule has 0 saturated carbocycles. The fraction of sp³-hybridized carbons (Fsp3) is 0.214. The summed E-state index contributed by atoms with van der Waals surface area (Å²) in [5.74, 6) is 1.38. The van der Waals surface area contributed by atoms with Gasteiger partial charge in [0.1, 0.15) is 22.5 Å². The molecule has 0 aliphatic carbocycles. The highest BCUT2D eigenvalue weighted by molar-refractivity contribution is 7.00. The van der Waals surface area contributed by atoms with Crippen LogP contribution in [0.4, 0.5) is 10.5 Å². The van der Waals surface area contributed by atoms with Gasteiger partial charge in [-0.2, -0.15) is 8.75 Å². The molecule has 2 aromatic heterocycles. The number of fused-ring (bicyclic) bond motifs is 2. The molecular weight excluding hydrogens is 520 g/mol. The molecule has 11 heteroatoms. The average molecular weight is 547 g/mol. The second kappa shape index (κ2) is 11.0. The van der Waals surface area contributed by atoms with Crippen molar-refractivity contribution in [2.75, 3.05) is 26.1 Å². The van der Waals surface area contributed by atoms with Crippen LogP contribution in [-0.4, -0.2) is 46.2 Å². The number of ether oxygens (including phenoxy) is 4. The molecule has 0 atom stereocenters. The van der Waals surface area contributed by atoms with Gasteiger partial charge in [-0.1, -0.05) is 6.07 Å². The summed E-state index contributed by atoms with van der Waals surface area (Å²) >= 11 is 1.12. The number of rotatable bonds is 8. The summed E-state index contributed by atoms with van der Waals surface area (Å²) in [4.78, 5) is 24.5. The first kappa shape index (κ1) is 26.0. The van der Waals surface area contributed by atoms with Crippen LogP contribution in [0.2, 0.25) is 0 Å². The third kappa shape index (κ3) is 5.21. The van der Waals surface area contributed by atoms with Crippen molar-refractivity contribution in [1.29, 1.82) is 0 Å². The minimum atomic E-state index is -0.834. The van der Waals surface area contributed by atoms with Crippen LogP contribution in [0.5, 0.6) is 17.4 Å². The predicted molar refractivity (Wildman–Crippen MR) is 149 cm³/mol. The van der Waals surface area contributed by atoms with Gasteiger partial charge < -0.3 is 28.8 Å². The highest BCUT2D eigenvalue weighted by atomic mass is 32.1. The van der Waals surface area contributed by atoms with Crippen LogP contribution in [0.15, 0.2) is 54.6 Å². The zero-order chi connectivity index (χ0) is 27.5. The third-order valence-electron chi connectivity index (χ3n) is 6.14. The molecule has 10 nitrogen and oxygen atoms in total. The molecule has 2 heterocycles. The number of hydrogen-bond acceptors (Lipinski definition) is 9. The molecule has 0 radical (unpaired) electrons. The van der Waals surface area contributed by atoms with Crippen molar-refractivity contribution in [3.63, 3.8) is 0 Å². The number of carbonyl (C=O) groups is 2. The van der Waals surface area contributed by atoms with Gasteiger partial charge >= 0.3 is 6.16 Å². The fourth-order valence-corrected chi connectivity index (χ4v) is 5.01. The molecule has 0 aliphatic rings. The Bertz CT molecular complexity index is 1690. The van der Waals surface area contributed by atoms with Crippen molar-refractivity contribution in [2.45, 2.75) is 20.4 Å². The Morgan fingerprint density at radius 1 is 0.974 bits per heavy atom. The monoisotopic (exact) mass is 546 g/mol. The quantitative estimate of drug-likeness (QED) is 0.240. The molecule has 0 saturated heterocycles. The highest BCUT2D eigenvalue weighted by Crippen LogP contribution is 2.43. The Morgan fingerprint density at radius 2 is 1.79 bits per heavy atom. The highest BCUT2D eigenvalue weighted by Gasteiger charge is 2.25. The molecule has 1 N–H and O–H groups in total. The molecule has 3 aromatic carbocycles. The summed E-state index contributed by atoms with van der Waals surface area (Å²) < 4.78 is 32.7. The third-order valence-corrected chi connectivity index (χ3v) is 6.69. The zero-order valence-electron chi connectivity index (χ0n) is 21.8. The Labute approximate surface area is 228 Å². The van der Waals surface area contributed by atoms with E-state index in [2.05, 4.69) is 14.1 Å². The van der Waals surface area contributed by atoms with E-state index in [1.807, 2.05) is 53.1 Å². The van der Waals surface area contributed by atoms with Gasteiger partial charge in [0, 0.05) is 23.6 Å². The minimum absolute atomic E-state index is 0.154. The summed E-state index contributed by atoms with van der Waals surface area (Å²) in [6.45, 7) is 3.60. The standard InChI is InChI=1S/C28H26N4O6S/c1-5-37-28(34)38-27-26(17-6-9-22-23(13-17)31-39-30-22)21-14-19(29-16(2)33)7-10-24(21)32(27)15-18-12-20(35-3)8-11-25(18)36-4/h6-14H,5,15H2,1-4H3,(H,29,33). The van der Waals surface area contributed by atoms with Gasteiger partial charge in [-0.05, 0) is 61.0 Å².